The Morgan fingerprint density at radius 2 is 1.85 bits per heavy atom. The minimum absolute atomic E-state index is 0.0859. The van der Waals surface area contributed by atoms with Crippen LogP contribution in [0.25, 0.3) is 0 Å². The molecule has 0 aromatic heterocycles. The van der Waals surface area contributed by atoms with Crippen molar-refractivity contribution >= 4 is 0 Å². The van der Waals surface area contributed by atoms with Crippen molar-refractivity contribution in [3.05, 3.63) is 29.8 Å². The summed E-state index contributed by atoms with van der Waals surface area (Å²) in [5.74, 6) is 7.49. The number of hydrazine groups is 1. The molecule has 0 heterocycles. The second kappa shape index (κ2) is 7.77. The zero-order valence-corrected chi connectivity index (χ0v) is 12.7. The van der Waals surface area contributed by atoms with E-state index in [1.165, 1.54) is 0 Å². The monoisotopic (exact) mass is 280 g/mol. The molecule has 0 bridgehead atoms. The summed E-state index contributed by atoms with van der Waals surface area (Å²) in [5.41, 5.74) is 4.84. The van der Waals surface area contributed by atoms with Gasteiger partial charge in [0.25, 0.3) is 0 Å². The van der Waals surface area contributed by atoms with Crippen molar-refractivity contribution in [3.8, 4) is 17.2 Å². The van der Waals surface area contributed by atoms with Gasteiger partial charge in [-0.25, -0.2) is 0 Å². The van der Waals surface area contributed by atoms with Gasteiger partial charge in [-0.05, 0) is 25.0 Å². The Morgan fingerprint density at radius 1 is 1.20 bits per heavy atom. The van der Waals surface area contributed by atoms with Gasteiger partial charge in [0.1, 0.15) is 0 Å². The van der Waals surface area contributed by atoms with Crippen molar-refractivity contribution in [2.24, 2.45) is 5.84 Å². The molecule has 0 aliphatic rings. The lowest BCUT2D eigenvalue weighted by molar-refractivity contribution is 0.319. The quantitative estimate of drug-likeness (QED) is 0.435. The lowest BCUT2D eigenvalue weighted by Gasteiger charge is -2.22. The molecule has 3 N–H and O–H groups in total. The van der Waals surface area contributed by atoms with Crippen LogP contribution in [0.4, 0.5) is 0 Å². The zero-order valence-electron chi connectivity index (χ0n) is 12.7. The summed E-state index contributed by atoms with van der Waals surface area (Å²) >= 11 is 0. The van der Waals surface area contributed by atoms with Gasteiger partial charge in [-0.2, -0.15) is 0 Å². The molecule has 0 saturated carbocycles. The van der Waals surface area contributed by atoms with Crippen LogP contribution in [0.2, 0.25) is 0 Å². The molecule has 1 unspecified atom stereocenters. The van der Waals surface area contributed by atoms with E-state index in [9.17, 15) is 0 Å². The molecule has 0 radical (unpaired) electrons. The summed E-state index contributed by atoms with van der Waals surface area (Å²) < 4.78 is 16.1. The van der Waals surface area contributed by atoms with Crippen molar-refractivity contribution < 1.29 is 14.2 Å². The van der Waals surface area contributed by atoms with E-state index in [1.807, 2.05) is 12.1 Å². The largest absolute Gasteiger partial charge is 0.493 e. The topological polar surface area (TPSA) is 65.7 Å². The summed E-state index contributed by atoms with van der Waals surface area (Å²) in [6, 6.07) is 3.68. The van der Waals surface area contributed by atoms with E-state index in [1.54, 1.807) is 21.3 Å². The number of hydrogen-bond donors (Lipinski definition) is 2. The van der Waals surface area contributed by atoms with Crippen molar-refractivity contribution in [3.63, 3.8) is 0 Å². The van der Waals surface area contributed by atoms with Gasteiger partial charge in [0.15, 0.2) is 11.5 Å². The van der Waals surface area contributed by atoms with E-state index >= 15 is 0 Å². The minimum Gasteiger partial charge on any atom is -0.493 e. The lowest BCUT2D eigenvalue weighted by Crippen LogP contribution is -2.28. The van der Waals surface area contributed by atoms with Crippen LogP contribution in [-0.2, 0) is 0 Å². The normalized spacial score (nSPS) is 11.8. The fraction of sp³-hybridized carbons (Fsp3) is 0.467. The van der Waals surface area contributed by atoms with Crippen LogP contribution in [0.1, 0.15) is 31.4 Å². The van der Waals surface area contributed by atoms with Crippen LogP contribution in [0, 0.1) is 0 Å². The van der Waals surface area contributed by atoms with Crippen molar-refractivity contribution in [2.45, 2.75) is 25.8 Å². The molecular weight excluding hydrogens is 256 g/mol. The van der Waals surface area contributed by atoms with E-state index in [4.69, 9.17) is 20.1 Å². The van der Waals surface area contributed by atoms with Crippen molar-refractivity contribution in [2.75, 3.05) is 21.3 Å². The van der Waals surface area contributed by atoms with Crippen LogP contribution in [-0.4, -0.2) is 21.3 Å². The predicted molar refractivity (Wildman–Crippen MR) is 80.2 cm³/mol. The van der Waals surface area contributed by atoms with Crippen molar-refractivity contribution in [1.29, 1.82) is 0 Å². The maximum Gasteiger partial charge on any atom is 0.203 e. The molecule has 1 rings (SSSR count). The van der Waals surface area contributed by atoms with Gasteiger partial charge in [0, 0.05) is 5.56 Å². The molecule has 1 atom stereocenters. The fourth-order valence-corrected chi connectivity index (χ4v) is 2.09. The highest BCUT2D eigenvalue weighted by Crippen LogP contribution is 2.42. The highest BCUT2D eigenvalue weighted by molar-refractivity contribution is 5.56. The van der Waals surface area contributed by atoms with E-state index in [-0.39, 0.29) is 6.04 Å². The van der Waals surface area contributed by atoms with Gasteiger partial charge in [0.2, 0.25) is 5.75 Å². The summed E-state index contributed by atoms with van der Waals surface area (Å²) in [6.07, 6.45) is 1.65. The third-order valence-corrected chi connectivity index (χ3v) is 3.30. The van der Waals surface area contributed by atoms with Gasteiger partial charge in [-0.1, -0.05) is 19.1 Å². The zero-order chi connectivity index (χ0) is 15.1. The Kier molecular flexibility index (Phi) is 6.35. The molecule has 20 heavy (non-hydrogen) atoms. The molecule has 1 aromatic carbocycles. The number of methoxy groups -OCH3 is 3. The van der Waals surface area contributed by atoms with Crippen molar-refractivity contribution in [1.82, 2.24) is 5.43 Å². The first kappa shape index (κ1) is 16.3. The number of rotatable bonds is 8. The lowest BCUT2D eigenvalue weighted by atomic mass is 9.97. The van der Waals surface area contributed by atoms with Crippen LogP contribution >= 0.6 is 0 Å². The maximum atomic E-state index is 5.67. The number of nitrogens with one attached hydrogen (secondary N) is 1. The Bertz CT molecular complexity index is 461. The number of hydrogen-bond acceptors (Lipinski definition) is 5. The van der Waals surface area contributed by atoms with Gasteiger partial charge >= 0.3 is 0 Å². The molecule has 0 aliphatic heterocycles. The summed E-state index contributed by atoms with van der Waals surface area (Å²) in [7, 11) is 4.78. The third kappa shape index (κ3) is 3.43. The summed E-state index contributed by atoms with van der Waals surface area (Å²) in [4.78, 5) is 0. The fourth-order valence-electron chi connectivity index (χ4n) is 2.09. The van der Waals surface area contributed by atoms with Crippen LogP contribution in [0.3, 0.4) is 0 Å². The maximum absolute atomic E-state index is 5.67. The standard InChI is InChI=1S/C15H24N2O3/c1-6-10(2)9-12(17-16)11-7-8-13(18-3)15(20-5)14(11)19-4/h7-8,12,17H,2,6,9,16H2,1,3-5H3. The SMILES string of the molecule is C=C(CC)CC(NN)c1ccc(OC)c(OC)c1OC. The third-order valence-electron chi connectivity index (χ3n) is 3.30. The van der Waals surface area contributed by atoms with E-state index in [0.29, 0.717) is 17.2 Å². The average molecular weight is 280 g/mol. The second-order valence-electron chi connectivity index (χ2n) is 4.45. The molecule has 0 aliphatic carbocycles. The molecule has 112 valence electrons. The van der Waals surface area contributed by atoms with E-state index in [0.717, 1.165) is 24.0 Å². The second-order valence-corrected chi connectivity index (χ2v) is 4.45. The molecule has 5 nitrogen and oxygen atoms in total. The molecule has 0 saturated heterocycles. The number of ether oxygens (including phenoxy) is 3. The molecule has 0 fully saturated rings. The first-order valence-electron chi connectivity index (χ1n) is 6.54. The van der Waals surface area contributed by atoms with Gasteiger partial charge in [-0.15, -0.1) is 0 Å². The molecule has 5 heteroatoms. The average Bonchev–Trinajstić information content (AvgIpc) is 2.50. The smallest absolute Gasteiger partial charge is 0.203 e. The Hall–Kier alpha value is -1.72. The first-order valence-corrected chi connectivity index (χ1v) is 6.54. The Balaban J connectivity index is 3.24. The first-order chi connectivity index (χ1) is 9.62. The van der Waals surface area contributed by atoms with Crippen LogP contribution in [0.15, 0.2) is 24.3 Å². The molecule has 0 spiro atoms. The summed E-state index contributed by atoms with van der Waals surface area (Å²) in [5, 5.41) is 0. The van der Waals surface area contributed by atoms with Gasteiger partial charge in [-0.3, -0.25) is 11.3 Å². The van der Waals surface area contributed by atoms with E-state index in [2.05, 4.69) is 18.9 Å². The predicted octanol–water partition coefficient (Wildman–Crippen LogP) is 2.57. The minimum atomic E-state index is -0.0859. The summed E-state index contributed by atoms with van der Waals surface area (Å²) in [6.45, 7) is 6.10. The highest BCUT2D eigenvalue weighted by atomic mass is 16.5. The van der Waals surface area contributed by atoms with Crippen LogP contribution in [0.5, 0.6) is 17.2 Å². The molecular formula is C15H24N2O3. The molecule has 1 aromatic rings. The number of nitrogens with two attached hydrogens (primary N) is 1. The number of benzene rings is 1. The van der Waals surface area contributed by atoms with Crippen LogP contribution < -0.4 is 25.5 Å². The Morgan fingerprint density at radius 3 is 2.30 bits per heavy atom. The van der Waals surface area contributed by atoms with Gasteiger partial charge in [0.05, 0.1) is 27.4 Å². The van der Waals surface area contributed by atoms with E-state index < -0.39 is 0 Å². The Labute approximate surface area is 120 Å². The molecule has 0 amide bonds. The van der Waals surface area contributed by atoms with Gasteiger partial charge < -0.3 is 14.2 Å². The highest BCUT2D eigenvalue weighted by Gasteiger charge is 2.21.